The topological polar surface area (TPSA) is 58.1 Å². The molecule has 6 rings (SSSR count). The third-order valence-electron chi connectivity index (χ3n) is 7.90. The van der Waals surface area contributed by atoms with Crippen molar-refractivity contribution in [2.45, 2.75) is 25.3 Å². The first-order valence-electron chi connectivity index (χ1n) is 13.6. The van der Waals surface area contributed by atoms with E-state index in [0.29, 0.717) is 18.9 Å². The van der Waals surface area contributed by atoms with Gasteiger partial charge in [0.05, 0.1) is 19.8 Å². The maximum atomic E-state index is 9.29. The van der Waals surface area contributed by atoms with Crippen LogP contribution in [0.15, 0.2) is 72.8 Å². The summed E-state index contributed by atoms with van der Waals surface area (Å²) in [6, 6.07) is 26.4. The molecule has 4 aromatic rings. The fourth-order valence-electron chi connectivity index (χ4n) is 5.98. The number of pyridine rings is 1. The van der Waals surface area contributed by atoms with Crippen LogP contribution in [0.1, 0.15) is 34.7 Å². The first-order valence-corrected chi connectivity index (χ1v) is 13.6. The molecule has 1 fully saturated rings. The maximum absolute atomic E-state index is 9.29. The highest BCUT2D eigenvalue weighted by Gasteiger charge is 2.31. The number of anilines is 1. The van der Waals surface area contributed by atoms with Crippen LogP contribution in [0.2, 0.25) is 0 Å². The van der Waals surface area contributed by atoms with Gasteiger partial charge in [0, 0.05) is 44.6 Å². The van der Waals surface area contributed by atoms with Crippen molar-refractivity contribution >= 4 is 16.6 Å². The number of rotatable bonds is 7. The van der Waals surface area contributed by atoms with Gasteiger partial charge < -0.3 is 19.5 Å². The van der Waals surface area contributed by atoms with Gasteiger partial charge >= 0.3 is 0 Å². The number of aliphatic hydroxyl groups excluding tert-OH is 1. The molecule has 6 nitrogen and oxygen atoms in total. The molecule has 0 amide bonds. The van der Waals surface area contributed by atoms with E-state index in [1.165, 1.54) is 22.3 Å². The number of hydrogen-bond donors (Lipinski definition) is 1. The molecule has 1 N–H and O–H groups in total. The molecule has 1 aromatic heterocycles. The summed E-state index contributed by atoms with van der Waals surface area (Å²) in [5.41, 5.74) is 7.61. The second kappa shape index (κ2) is 11.0. The van der Waals surface area contributed by atoms with E-state index in [1.807, 2.05) is 12.1 Å². The molecule has 0 unspecified atom stereocenters. The molecule has 1 aliphatic heterocycles. The van der Waals surface area contributed by atoms with Gasteiger partial charge in [0.25, 0.3) is 0 Å². The van der Waals surface area contributed by atoms with Crippen molar-refractivity contribution in [3.8, 4) is 11.6 Å². The normalized spacial score (nSPS) is 16.1. The second-order valence-electron chi connectivity index (χ2n) is 10.1. The summed E-state index contributed by atoms with van der Waals surface area (Å²) in [6.45, 7) is 4.17. The monoisotopic (exact) mass is 509 g/mol. The molecule has 2 aliphatic rings. The molecular weight excluding hydrogens is 474 g/mol. The molecule has 0 radical (unpaired) electrons. The Morgan fingerprint density at radius 1 is 0.868 bits per heavy atom. The number of nitrogens with zero attached hydrogens (tertiary/aromatic N) is 3. The quantitative estimate of drug-likeness (QED) is 0.353. The van der Waals surface area contributed by atoms with Crippen molar-refractivity contribution in [2.75, 3.05) is 51.4 Å². The Labute approximate surface area is 224 Å². The average molecular weight is 510 g/mol. The smallest absolute Gasteiger partial charge is 0.238 e. The highest BCUT2D eigenvalue weighted by molar-refractivity contribution is 5.88. The number of para-hydroxylation sites is 1. The van der Waals surface area contributed by atoms with Crippen molar-refractivity contribution in [1.29, 1.82) is 0 Å². The van der Waals surface area contributed by atoms with E-state index < -0.39 is 0 Å². The highest BCUT2D eigenvalue weighted by atomic mass is 16.5. The van der Waals surface area contributed by atoms with Crippen LogP contribution in [-0.4, -0.2) is 61.5 Å². The Morgan fingerprint density at radius 3 is 2.21 bits per heavy atom. The summed E-state index contributed by atoms with van der Waals surface area (Å²) in [4.78, 5) is 9.93. The number of fused-ring (bicyclic) bond motifs is 3. The molecule has 38 heavy (non-hydrogen) atoms. The van der Waals surface area contributed by atoms with Crippen LogP contribution >= 0.6 is 0 Å². The molecule has 1 aliphatic carbocycles. The van der Waals surface area contributed by atoms with Crippen LogP contribution in [0, 0.1) is 0 Å². The third kappa shape index (κ3) is 4.70. The Kier molecular flexibility index (Phi) is 7.16. The molecule has 0 bridgehead atoms. The Hall–Kier alpha value is -3.61. The minimum absolute atomic E-state index is 0.0925. The van der Waals surface area contributed by atoms with Gasteiger partial charge in [-0.2, -0.15) is 0 Å². The van der Waals surface area contributed by atoms with Crippen molar-refractivity contribution < 1.29 is 14.6 Å². The fourth-order valence-corrected chi connectivity index (χ4v) is 5.98. The zero-order valence-electron chi connectivity index (χ0n) is 22.0. The van der Waals surface area contributed by atoms with Crippen molar-refractivity contribution in [2.24, 2.45) is 0 Å². The van der Waals surface area contributed by atoms with Gasteiger partial charge in [-0.3, -0.25) is 4.90 Å². The SMILES string of the molecule is COc1cccc2cc(N3CCN(C4c5ccccc5CCc5ccccc54)CC3)c(OCCCO)nc12. The first kappa shape index (κ1) is 24.7. The van der Waals surface area contributed by atoms with E-state index in [2.05, 4.69) is 70.5 Å². The van der Waals surface area contributed by atoms with Crippen LogP contribution in [-0.2, 0) is 12.8 Å². The number of benzene rings is 3. The molecule has 1 saturated heterocycles. The number of aliphatic hydroxyl groups is 1. The lowest BCUT2D eigenvalue weighted by Crippen LogP contribution is -2.48. The number of methoxy groups -OCH3 is 1. The van der Waals surface area contributed by atoms with E-state index in [-0.39, 0.29) is 12.6 Å². The number of ether oxygens (including phenoxy) is 2. The summed E-state index contributed by atoms with van der Waals surface area (Å²) in [5, 5.41) is 10.3. The molecule has 196 valence electrons. The molecule has 0 saturated carbocycles. The third-order valence-corrected chi connectivity index (χ3v) is 7.90. The Morgan fingerprint density at radius 2 is 1.55 bits per heavy atom. The average Bonchev–Trinajstić information content (AvgIpc) is 3.14. The highest BCUT2D eigenvalue weighted by Crippen LogP contribution is 2.39. The van der Waals surface area contributed by atoms with Crippen LogP contribution in [0.3, 0.4) is 0 Å². The molecular formula is C32H35N3O3. The summed E-state index contributed by atoms with van der Waals surface area (Å²) in [6.07, 6.45) is 2.74. The molecule has 0 spiro atoms. The Balaban J connectivity index is 1.30. The van der Waals surface area contributed by atoms with Crippen LogP contribution in [0.25, 0.3) is 10.9 Å². The lowest BCUT2D eigenvalue weighted by Gasteiger charge is -2.41. The van der Waals surface area contributed by atoms with Crippen LogP contribution < -0.4 is 14.4 Å². The summed E-state index contributed by atoms with van der Waals surface area (Å²) in [5.74, 6) is 1.34. The minimum Gasteiger partial charge on any atom is -0.494 e. The lowest BCUT2D eigenvalue weighted by molar-refractivity contribution is 0.209. The fraction of sp³-hybridized carbons (Fsp3) is 0.344. The van der Waals surface area contributed by atoms with Crippen LogP contribution in [0.4, 0.5) is 5.69 Å². The molecule has 3 aromatic carbocycles. The standard InChI is InChI=1S/C32H35N3O3/c1-37-29-13-6-10-25-22-28(32(33-30(25)29)38-21-7-20-36)34-16-18-35(19-17-34)31-26-11-4-2-8-23(26)14-15-24-9-3-5-12-27(24)31/h2-6,8-13,22,31,36H,7,14-21H2,1H3. The van der Waals surface area contributed by atoms with E-state index in [4.69, 9.17) is 14.5 Å². The van der Waals surface area contributed by atoms with Crippen molar-refractivity contribution in [1.82, 2.24) is 9.88 Å². The summed E-state index contributed by atoms with van der Waals surface area (Å²) < 4.78 is 11.7. The van der Waals surface area contributed by atoms with Gasteiger partial charge in [-0.25, -0.2) is 4.98 Å². The lowest BCUT2D eigenvalue weighted by atomic mass is 9.92. The number of hydrogen-bond acceptors (Lipinski definition) is 6. The second-order valence-corrected chi connectivity index (χ2v) is 10.1. The molecule has 2 heterocycles. The van der Waals surface area contributed by atoms with Gasteiger partial charge in [0.15, 0.2) is 0 Å². The van der Waals surface area contributed by atoms with Crippen molar-refractivity contribution in [3.05, 3.63) is 95.1 Å². The first-order chi connectivity index (χ1) is 18.8. The summed E-state index contributed by atoms with van der Waals surface area (Å²) >= 11 is 0. The van der Waals surface area contributed by atoms with Gasteiger partial charge in [0.2, 0.25) is 5.88 Å². The van der Waals surface area contributed by atoms with E-state index in [9.17, 15) is 5.11 Å². The van der Waals surface area contributed by atoms with Gasteiger partial charge in [0.1, 0.15) is 17.0 Å². The predicted octanol–water partition coefficient (Wildman–Crippen LogP) is 5.01. The molecule has 0 atom stereocenters. The zero-order valence-corrected chi connectivity index (χ0v) is 22.0. The minimum atomic E-state index is 0.0925. The largest absolute Gasteiger partial charge is 0.494 e. The van der Waals surface area contributed by atoms with Gasteiger partial charge in [-0.15, -0.1) is 0 Å². The zero-order chi connectivity index (χ0) is 25.9. The van der Waals surface area contributed by atoms with Gasteiger partial charge in [-0.05, 0) is 47.2 Å². The number of piperazine rings is 1. The predicted molar refractivity (Wildman–Crippen MR) is 151 cm³/mol. The maximum Gasteiger partial charge on any atom is 0.238 e. The van der Waals surface area contributed by atoms with E-state index in [1.54, 1.807) is 7.11 Å². The van der Waals surface area contributed by atoms with E-state index in [0.717, 1.165) is 61.4 Å². The van der Waals surface area contributed by atoms with E-state index >= 15 is 0 Å². The number of aromatic nitrogens is 1. The number of aryl methyl sites for hydroxylation is 2. The molecule has 6 heteroatoms. The summed E-state index contributed by atoms with van der Waals surface area (Å²) in [7, 11) is 1.67. The van der Waals surface area contributed by atoms with Gasteiger partial charge in [-0.1, -0.05) is 60.7 Å². The Bertz CT molecular complexity index is 1370. The van der Waals surface area contributed by atoms with Crippen LogP contribution in [0.5, 0.6) is 11.6 Å². The van der Waals surface area contributed by atoms with Crippen molar-refractivity contribution in [3.63, 3.8) is 0 Å².